The summed E-state index contributed by atoms with van der Waals surface area (Å²) in [4.78, 5) is 11.7. The number of hydrogen-bond donors (Lipinski definition) is 0. The standard InChI is InChI=1S/C15H22O2/c1-3-5-7-15(16)13-8-10-14(11-9-13)17-12-6-4-2/h8-11H,3-7,12H2,1-2H3. The van der Waals surface area contributed by atoms with E-state index in [1.807, 2.05) is 24.3 Å². The molecule has 0 heterocycles. The van der Waals surface area contributed by atoms with Crippen molar-refractivity contribution in [3.05, 3.63) is 29.8 Å². The van der Waals surface area contributed by atoms with Gasteiger partial charge in [0, 0.05) is 12.0 Å². The van der Waals surface area contributed by atoms with Gasteiger partial charge in [-0.1, -0.05) is 26.7 Å². The molecule has 1 aromatic rings. The van der Waals surface area contributed by atoms with Crippen LogP contribution in [0.5, 0.6) is 5.75 Å². The molecule has 2 heteroatoms. The van der Waals surface area contributed by atoms with E-state index in [4.69, 9.17) is 4.74 Å². The Morgan fingerprint density at radius 3 is 2.29 bits per heavy atom. The number of unbranched alkanes of at least 4 members (excludes halogenated alkanes) is 2. The highest BCUT2D eigenvalue weighted by molar-refractivity contribution is 5.96. The van der Waals surface area contributed by atoms with Crippen LogP contribution in [0, 0.1) is 0 Å². The van der Waals surface area contributed by atoms with E-state index in [0.717, 1.165) is 43.6 Å². The second-order valence-corrected chi connectivity index (χ2v) is 4.25. The van der Waals surface area contributed by atoms with Gasteiger partial charge in [0.25, 0.3) is 0 Å². The van der Waals surface area contributed by atoms with Crippen LogP contribution in [0.25, 0.3) is 0 Å². The molecule has 0 aromatic heterocycles. The van der Waals surface area contributed by atoms with Crippen LogP contribution in [0.2, 0.25) is 0 Å². The monoisotopic (exact) mass is 234 g/mol. The average molecular weight is 234 g/mol. The molecule has 94 valence electrons. The topological polar surface area (TPSA) is 26.3 Å². The molecule has 0 radical (unpaired) electrons. The summed E-state index contributed by atoms with van der Waals surface area (Å²) in [5, 5.41) is 0. The van der Waals surface area contributed by atoms with Gasteiger partial charge in [-0.05, 0) is 37.1 Å². The van der Waals surface area contributed by atoms with Crippen molar-refractivity contribution in [3.8, 4) is 5.75 Å². The number of ketones is 1. The molecule has 0 amide bonds. The highest BCUT2D eigenvalue weighted by Gasteiger charge is 2.04. The summed E-state index contributed by atoms with van der Waals surface area (Å²) in [6.45, 7) is 4.98. The van der Waals surface area contributed by atoms with Gasteiger partial charge in [0.2, 0.25) is 0 Å². The molecular formula is C15H22O2. The molecule has 1 rings (SSSR count). The molecule has 0 fully saturated rings. The molecule has 0 saturated carbocycles. The number of Topliss-reactive ketones (excluding diaryl/α,β-unsaturated/α-hetero) is 1. The third-order valence-corrected chi connectivity index (χ3v) is 2.70. The number of benzene rings is 1. The summed E-state index contributed by atoms with van der Waals surface area (Å²) in [5.74, 6) is 1.08. The lowest BCUT2D eigenvalue weighted by atomic mass is 10.1. The Labute approximate surface area is 104 Å². The first-order valence-corrected chi connectivity index (χ1v) is 6.54. The highest BCUT2D eigenvalue weighted by atomic mass is 16.5. The van der Waals surface area contributed by atoms with Gasteiger partial charge in [-0.3, -0.25) is 4.79 Å². The van der Waals surface area contributed by atoms with Crippen molar-refractivity contribution >= 4 is 5.78 Å². The molecule has 1 aromatic carbocycles. The molecule has 0 aliphatic carbocycles. The number of hydrogen-bond acceptors (Lipinski definition) is 2. The highest BCUT2D eigenvalue weighted by Crippen LogP contribution is 2.14. The number of rotatable bonds is 8. The first kappa shape index (κ1) is 13.8. The molecule has 0 aliphatic rings. The van der Waals surface area contributed by atoms with Crippen molar-refractivity contribution in [2.24, 2.45) is 0 Å². The summed E-state index contributed by atoms with van der Waals surface area (Å²) in [6, 6.07) is 7.49. The smallest absolute Gasteiger partial charge is 0.162 e. The van der Waals surface area contributed by atoms with Gasteiger partial charge in [-0.25, -0.2) is 0 Å². The minimum absolute atomic E-state index is 0.229. The fourth-order valence-electron chi connectivity index (χ4n) is 1.55. The maximum absolute atomic E-state index is 11.7. The Morgan fingerprint density at radius 1 is 1.06 bits per heavy atom. The Kier molecular flexibility index (Phi) is 6.38. The fourth-order valence-corrected chi connectivity index (χ4v) is 1.55. The van der Waals surface area contributed by atoms with Crippen LogP contribution in [0.4, 0.5) is 0 Å². The average Bonchev–Trinajstić information content (AvgIpc) is 2.37. The molecule has 0 N–H and O–H groups in total. The zero-order chi connectivity index (χ0) is 12.5. The van der Waals surface area contributed by atoms with E-state index >= 15 is 0 Å². The Hall–Kier alpha value is -1.31. The number of carbonyl (C=O) groups is 1. The maximum Gasteiger partial charge on any atom is 0.162 e. The van der Waals surface area contributed by atoms with Gasteiger partial charge in [0.15, 0.2) is 5.78 Å². The van der Waals surface area contributed by atoms with E-state index in [1.54, 1.807) is 0 Å². The van der Waals surface area contributed by atoms with Crippen LogP contribution in [-0.2, 0) is 0 Å². The quantitative estimate of drug-likeness (QED) is 0.497. The lowest BCUT2D eigenvalue weighted by Gasteiger charge is -2.06. The van der Waals surface area contributed by atoms with Crippen molar-refractivity contribution in [1.82, 2.24) is 0 Å². The zero-order valence-corrected chi connectivity index (χ0v) is 10.9. The maximum atomic E-state index is 11.7. The summed E-state index contributed by atoms with van der Waals surface area (Å²) < 4.78 is 5.55. The van der Waals surface area contributed by atoms with Gasteiger partial charge < -0.3 is 4.74 Å². The fraction of sp³-hybridized carbons (Fsp3) is 0.533. The van der Waals surface area contributed by atoms with Gasteiger partial charge in [0.1, 0.15) is 5.75 Å². The van der Waals surface area contributed by atoms with Crippen LogP contribution >= 0.6 is 0 Å². The third-order valence-electron chi connectivity index (χ3n) is 2.70. The van der Waals surface area contributed by atoms with Crippen LogP contribution in [-0.4, -0.2) is 12.4 Å². The van der Waals surface area contributed by atoms with E-state index in [-0.39, 0.29) is 5.78 Å². The van der Waals surface area contributed by atoms with Crippen LogP contribution in [0.3, 0.4) is 0 Å². The van der Waals surface area contributed by atoms with E-state index in [1.165, 1.54) is 0 Å². The largest absolute Gasteiger partial charge is 0.494 e. The zero-order valence-electron chi connectivity index (χ0n) is 10.9. The van der Waals surface area contributed by atoms with Crippen molar-refractivity contribution < 1.29 is 9.53 Å². The first-order valence-electron chi connectivity index (χ1n) is 6.54. The molecular weight excluding hydrogens is 212 g/mol. The molecule has 0 bridgehead atoms. The molecule has 0 unspecified atom stereocenters. The van der Waals surface area contributed by atoms with Gasteiger partial charge >= 0.3 is 0 Å². The lowest BCUT2D eigenvalue weighted by molar-refractivity contribution is 0.0980. The molecule has 17 heavy (non-hydrogen) atoms. The lowest BCUT2D eigenvalue weighted by Crippen LogP contribution is -2.00. The summed E-state index contributed by atoms with van der Waals surface area (Å²) in [5.41, 5.74) is 0.793. The molecule has 0 atom stereocenters. The number of carbonyl (C=O) groups excluding carboxylic acids is 1. The van der Waals surface area contributed by atoms with E-state index in [2.05, 4.69) is 13.8 Å². The second kappa shape index (κ2) is 7.88. The van der Waals surface area contributed by atoms with Crippen LogP contribution < -0.4 is 4.74 Å². The predicted molar refractivity (Wildman–Crippen MR) is 70.7 cm³/mol. The Morgan fingerprint density at radius 2 is 1.71 bits per heavy atom. The Balaban J connectivity index is 2.46. The summed E-state index contributed by atoms with van der Waals surface area (Å²) in [6.07, 6.45) is 4.87. The summed E-state index contributed by atoms with van der Waals surface area (Å²) in [7, 11) is 0. The van der Waals surface area contributed by atoms with E-state index in [9.17, 15) is 4.79 Å². The molecule has 0 spiro atoms. The Bertz CT molecular complexity index is 327. The van der Waals surface area contributed by atoms with Gasteiger partial charge in [-0.15, -0.1) is 0 Å². The van der Waals surface area contributed by atoms with Crippen LogP contribution in [0.1, 0.15) is 56.3 Å². The van der Waals surface area contributed by atoms with Gasteiger partial charge in [0.05, 0.1) is 6.61 Å². The number of ether oxygens (including phenoxy) is 1. The molecule has 2 nitrogen and oxygen atoms in total. The molecule has 0 aliphatic heterocycles. The van der Waals surface area contributed by atoms with Crippen LogP contribution in [0.15, 0.2) is 24.3 Å². The van der Waals surface area contributed by atoms with Crippen molar-refractivity contribution in [3.63, 3.8) is 0 Å². The second-order valence-electron chi connectivity index (χ2n) is 4.25. The molecule has 0 saturated heterocycles. The van der Waals surface area contributed by atoms with E-state index in [0.29, 0.717) is 6.42 Å². The van der Waals surface area contributed by atoms with E-state index < -0.39 is 0 Å². The third kappa shape index (κ3) is 5.03. The van der Waals surface area contributed by atoms with Gasteiger partial charge in [-0.2, -0.15) is 0 Å². The summed E-state index contributed by atoms with van der Waals surface area (Å²) >= 11 is 0. The minimum Gasteiger partial charge on any atom is -0.494 e. The van der Waals surface area contributed by atoms with Crippen molar-refractivity contribution in [2.75, 3.05) is 6.61 Å². The first-order chi connectivity index (χ1) is 8.27. The minimum atomic E-state index is 0.229. The van der Waals surface area contributed by atoms with Crippen molar-refractivity contribution in [1.29, 1.82) is 0 Å². The normalized spacial score (nSPS) is 10.2. The SMILES string of the molecule is CCCCOc1ccc(C(=O)CCCC)cc1. The predicted octanol–water partition coefficient (Wildman–Crippen LogP) is 4.24. The van der Waals surface area contributed by atoms with Crippen molar-refractivity contribution in [2.45, 2.75) is 46.0 Å².